The van der Waals surface area contributed by atoms with Crippen molar-refractivity contribution in [2.75, 3.05) is 0 Å². The summed E-state index contributed by atoms with van der Waals surface area (Å²) in [5.41, 5.74) is 3.23. The molecule has 0 nitrogen and oxygen atoms in total. The van der Waals surface area contributed by atoms with Crippen LogP contribution in [-0.4, -0.2) is 0 Å². The highest BCUT2D eigenvalue weighted by atomic mass is 14.4. The standard InChI is InChI=1S/C39H66/c1-3-5-7-9-11-13-33-18-26-37(27-19-33)39-30-22-35(23-31-39)15-14-34-20-28-38(29-21-34)36-24-16-32(17-25-36)12-10-8-6-4-2/h22-23,30-34,36-38H,3-21,24-29H2,1-2H3/t32-,33-,34-,36-,37-,38-. The SMILES string of the molecule is CCCCCCC[C@H]1CC[C@H](c2ccc(CC[C@H]3CC[C@H]([C@H]4CC[C@H](CCCCCC)CC4)CC3)cc2)CC1. The molecular formula is C39H66. The van der Waals surface area contributed by atoms with Crippen LogP contribution in [0.2, 0.25) is 0 Å². The fourth-order valence-electron chi connectivity index (χ4n) is 8.90. The van der Waals surface area contributed by atoms with Crippen LogP contribution >= 0.6 is 0 Å². The second-order valence-electron chi connectivity index (χ2n) is 14.6. The van der Waals surface area contributed by atoms with E-state index >= 15 is 0 Å². The van der Waals surface area contributed by atoms with Gasteiger partial charge in [-0.25, -0.2) is 0 Å². The second kappa shape index (κ2) is 17.9. The van der Waals surface area contributed by atoms with Crippen molar-refractivity contribution in [3.8, 4) is 0 Å². The Morgan fingerprint density at radius 1 is 0.462 bits per heavy atom. The lowest BCUT2D eigenvalue weighted by atomic mass is 9.68. The topological polar surface area (TPSA) is 0 Å². The maximum Gasteiger partial charge on any atom is -0.0162 e. The van der Waals surface area contributed by atoms with Gasteiger partial charge >= 0.3 is 0 Å². The molecule has 3 fully saturated rings. The van der Waals surface area contributed by atoms with Gasteiger partial charge in [0.2, 0.25) is 0 Å². The van der Waals surface area contributed by atoms with Gasteiger partial charge in [0.1, 0.15) is 0 Å². The van der Waals surface area contributed by atoms with E-state index in [0.717, 1.165) is 35.5 Å². The minimum Gasteiger partial charge on any atom is -0.0654 e. The van der Waals surface area contributed by atoms with Gasteiger partial charge in [0, 0.05) is 0 Å². The first-order valence-corrected chi connectivity index (χ1v) is 18.3. The first kappa shape index (κ1) is 31.2. The van der Waals surface area contributed by atoms with Gasteiger partial charge in [-0.1, -0.05) is 134 Å². The number of rotatable bonds is 16. The van der Waals surface area contributed by atoms with Crippen LogP contribution in [0, 0.1) is 29.6 Å². The number of unbranched alkanes of at least 4 members (excludes halogenated alkanes) is 7. The first-order valence-electron chi connectivity index (χ1n) is 18.3. The average Bonchev–Trinajstić information content (AvgIpc) is 2.99. The van der Waals surface area contributed by atoms with Gasteiger partial charge in [-0.05, 0) is 111 Å². The molecule has 39 heavy (non-hydrogen) atoms. The van der Waals surface area contributed by atoms with Crippen LogP contribution in [0.5, 0.6) is 0 Å². The monoisotopic (exact) mass is 535 g/mol. The molecule has 4 rings (SSSR count). The molecule has 0 heteroatoms. The molecule has 0 atom stereocenters. The van der Waals surface area contributed by atoms with Crippen molar-refractivity contribution in [3.63, 3.8) is 0 Å². The summed E-state index contributed by atoms with van der Waals surface area (Å²) in [6.07, 6.45) is 36.9. The van der Waals surface area contributed by atoms with Gasteiger partial charge in [0.25, 0.3) is 0 Å². The largest absolute Gasteiger partial charge is 0.0654 e. The molecule has 0 unspecified atom stereocenters. The summed E-state index contributed by atoms with van der Waals surface area (Å²) >= 11 is 0. The molecule has 0 N–H and O–H groups in total. The van der Waals surface area contributed by atoms with Gasteiger partial charge in [-0.15, -0.1) is 0 Å². The lowest BCUT2D eigenvalue weighted by Gasteiger charge is -2.38. The van der Waals surface area contributed by atoms with E-state index in [9.17, 15) is 0 Å². The number of benzene rings is 1. The van der Waals surface area contributed by atoms with E-state index < -0.39 is 0 Å². The minimum atomic E-state index is 0.835. The predicted octanol–water partition coefficient (Wildman–Crippen LogP) is 12.8. The third kappa shape index (κ3) is 10.9. The highest BCUT2D eigenvalue weighted by Crippen LogP contribution is 2.43. The van der Waals surface area contributed by atoms with Gasteiger partial charge in [0.15, 0.2) is 0 Å². The Bertz CT molecular complexity index is 722. The smallest absolute Gasteiger partial charge is 0.0162 e. The van der Waals surface area contributed by atoms with Crippen molar-refractivity contribution in [3.05, 3.63) is 35.4 Å². The Morgan fingerprint density at radius 2 is 0.897 bits per heavy atom. The van der Waals surface area contributed by atoms with Crippen LogP contribution in [0.4, 0.5) is 0 Å². The molecule has 0 amide bonds. The fraction of sp³-hybridized carbons (Fsp3) is 0.846. The maximum atomic E-state index is 2.50. The molecule has 0 saturated heterocycles. The average molecular weight is 535 g/mol. The van der Waals surface area contributed by atoms with Gasteiger partial charge in [-0.3, -0.25) is 0 Å². The summed E-state index contributed by atoms with van der Waals surface area (Å²) in [5.74, 6) is 6.06. The Balaban J connectivity index is 1.07. The highest BCUT2D eigenvalue weighted by Gasteiger charge is 2.30. The van der Waals surface area contributed by atoms with Crippen molar-refractivity contribution in [2.45, 2.75) is 180 Å². The van der Waals surface area contributed by atoms with E-state index in [2.05, 4.69) is 38.1 Å². The van der Waals surface area contributed by atoms with Gasteiger partial charge < -0.3 is 0 Å². The first-order chi connectivity index (χ1) is 19.2. The lowest BCUT2D eigenvalue weighted by Crippen LogP contribution is -2.26. The molecule has 3 aliphatic rings. The summed E-state index contributed by atoms with van der Waals surface area (Å²) in [7, 11) is 0. The van der Waals surface area contributed by atoms with Crippen molar-refractivity contribution in [1.29, 1.82) is 0 Å². The molecular weight excluding hydrogens is 468 g/mol. The fourth-order valence-corrected chi connectivity index (χ4v) is 8.90. The number of hydrogen-bond donors (Lipinski definition) is 0. The predicted molar refractivity (Wildman–Crippen MR) is 172 cm³/mol. The van der Waals surface area contributed by atoms with Crippen LogP contribution in [0.3, 0.4) is 0 Å². The van der Waals surface area contributed by atoms with Crippen LogP contribution in [0.15, 0.2) is 24.3 Å². The molecule has 0 bridgehead atoms. The molecule has 222 valence electrons. The van der Waals surface area contributed by atoms with E-state index in [4.69, 9.17) is 0 Å². The van der Waals surface area contributed by atoms with Crippen LogP contribution in [0.25, 0.3) is 0 Å². The number of aryl methyl sites for hydroxylation is 1. The summed E-state index contributed by atoms with van der Waals surface area (Å²) in [5, 5.41) is 0. The summed E-state index contributed by atoms with van der Waals surface area (Å²) in [4.78, 5) is 0. The molecule has 0 spiro atoms. The van der Waals surface area contributed by atoms with E-state index in [1.54, 1.807) is 36.8 Å². The Morgan fingerprint density at radius 3 is 1.41 bits per heavy atom. The van der Waals surface area contributed by atoms with E-state index in [1.165, 1.54) is 135 Å². The molecule has 1 aromatic rings. The quantitative estimate of drug-likeness (QED) is 0.185. The van der Waals surface area contributed by atoms with Crippen molar-refractivity contribution >= 4 is 0 Å². The van der Waals surface area contributed by atoms with Crippen LogP contribution < -0.4 is 0 Å². The minimum absolute atomic E-state index is 0.835. The third-order valence-electron chi connectivity index (χ3n) is 11.8. The summed E-state index contributed by atoms with van der Waals surface area (Å²) < 4.78 is 0. The Hall–Kier alpha value is -0.780. The summed E-state index contributed by atoms with van der Waals surface area (Å²) in [6, 6.07) is 9.98. The third-order valence-corrected chi connectivity index (χ3v) is 11.8. The van der Waals surface area contributed by atoms with Crippen molar-refractivity contribution < 1.29 is 0 Å². The van der Waals surface area contributed by atoms with Crippen LogP contribution in [-0.2, 0) is 6.42 Å². The van der Waals surface area contributed by atoms with Crippen molar-refractivity contribution in [2.24, 2.45) is 29.6 Å². The summed E-state index contributed by atoms with van der Waals surface area (Å²) in [6.45, 7) is 4.65. The Kier molecular flexibility index (Phi) is 14.3. The molecule has 0 radical (unpaired) electrons. The van der Waals surface area contributed by atoms with Gasteiger partial charge in [-0.2, -0.15) is 0 Å². The zero-order valence-corrected chi connectivity index (χ0v) is 26.5. The zero-order chi connectivity index (χ0) is 27.1. The number of hydrogen-bond acceptors (Lipinski definition) is 0. The zero-order valence-electron chi connectivity index (χ0n) is 26.5. The van der Waals surface area contributed by atoms with E-state index in [1.807, 2.05) is 0 Å². The molecule has 3 aliphatic carbocycles. The van der Waals surface area contributed by atoms with E-state index in [-0.39, 0.29) is 0 Å². The molecule has 0 aliphatic heterocycles. The molecule has 0 heterocycles. The highest BCUT2D eigenvalue weighted by molar-refractivity contribution is 5.26. The molecule has 0 aromatic heterocycles. The molecule has 3 saturated carbocycles. The van der Waals surface area contributed by atoms with E-state index in [0.29, 0.717) is 0 Å². The van der Waals surface area contributed by atoms with Crippen LogP contribution in [0.1, 0.15) is 185 Å². The Labute approximate surface area is 244 Å². The molecule has 1 aromatic carbocycles. The van der Waals surface area contributed by atoms with Gasteiger partial charge in [0.05, 0.1) is 0 Å². The van der Waals surface area contributed by atoms with Crippen molar-refractivity contribution in [1.82, 2.24) is 0 Å². The maximum absolute atomic E-state index is 2.50. The normalized spacial score (nSPS) is 29.9. The second-order valence-corrected chi connectivity index (χ2v) is 14.6. The lowest BCUT2D eigenvalue weighted by molar-refractivity contribution is 0.140.